The quantitative estimate of drug-likeness (QED) is 0.563. The molecule has 7 heteroatoms. The van der Waals surface area contributed by atoms with Crippen molar-refractivity contribution in [2.45, 2.75) is 11.4 Å². The monoisotopic (exact) mass is 453 g/mol. The fraction of sp³-hybridized carbons (Fsp3) is 0.167. The minimum absolute atomic E-state index is 0.317. The van der Waals surface area contributed by atoms with Crippen LogP contribution in [0.4, 0.5) is 0 Å². The summed E-state index contributed by atoms with van der Waals surface area (Å²) in [7, 11) is 1.61. The maximum atomic E-state index is 13.4. The Morgan fingerprint density at radius 3 is 2.48 bits per heavy atom. The minimum atomic E-state index is -1.02. The highest BCUT2D eigenvalue weighted by atomic mass is 35.5. The predicted molar refractivity (Wildman–Crippen MR) is 123 cm³/mol. The maximum Gasteiger partial charge on any atom is 0.327 e. The van der Waals surface area contributed by atoms with E-state index in [1.807, 2.05) is 42.5 Å². The van der Waals surface area contributed by atoms with E-state index >= 15 is 0 Å². The average Bonchev–Trinajstić information content (AvgIpc) is 3.24. The molecule has 0 aliphatic carbocycles. The van der Waals surface area contributed by atoms with Crippen LogP contribution in [0.2, 0.25) is 5.02 Å². The zero-order valence-corrected chi connectivity index (χ0v) is 18.3. The second kappa shape index (κ2) is 9.04. The summed E-state index contributed by atoms with van der Waals surface area (Å²) in [6.45, 7) is 0. The smallest absolute Gasteiger partial charge is 0.327 e. The summed E-state index contributed by atoms with van der Waals surface area (Å²) < 4.78 is 5.42. The van der Waals surface area contributed by atoms with Gasteiger partial charge >= 0.3 is 5.97 Å². The number of aliphatic carboxylic acids is 1. The van der Waals surface area contributed by atoms with E-state index in [9.17, 15) is 14.7 Å². The third-order valence-corrected chi connectivity index (χ3v) is 6.76. The second-order valence-corrected chi connectivity index (χ2v) is 8.63. The molecule has 0 saturated carbocycles. The van der Waals surface area contributed by atoms with Gasteiger partial charge in [-0.1, -0.05) is 54.1 Å². The number of thioether (sulfide) groups is 1. The number of methoxy groups -OCH3 is 1. The first-order valence-electron chi connectivity index (χ1n) is 9.65. The number of carbonyl (C=O) groups is 2. The Labute approximate surface area is 189 Å². The van der Waals surface area contributed by atoms with Crippen LogP contribution in [-0.4, -0.2) is 40.8 Å². The van der Waals surface area contributed by atoms with Gasteiger partial charge in [-0.05, 0) is 41.5 Å². The molecule has 0 radical (unpaired) electrons. The lowest BCUT2D eigenvalue weighted by molar-refractivity contribution is -0.141. The van der Waals surface area contributed by atoms with Crippen LogP contribution in [0.1, 0.15) is 21.3 Å². The van der Waals surface area contributed by atoms with E-state index < -0.39 is 17.4 Å². The summed E-state index contributed by atoms with van der Waals surface area (Å²) in [5.74, 6) is -0.285. The van der Waals surface area contributed by atoms with Crippen LogP contribution in [0.5, 0.6) is 5.75 Å². The lowest BCUT2D eigenvalue weighted by Crippen LogP contribution is -2.42. The van der Waals surface area contributed by atoms with Gasteiger partial charge in [0, 0.05) is 21.9 Å². The van der Waals surface area contributed by atoms with Crippen molar-refractivity contribution in [2.75, 3.05) is 12.9 Å². The summed E-state index contributed by atoms with van der Waals surface area (Å²) in [5, 5.41) is 9.83. The molecule has 0 bridgehead atoms. The van der Waals surface area contributed by atoms with Crippen molar-refractivity contribution < 1.29 is 19.4 Å². The maximum absolute atomic E-state index is 13.4. The standard InChI is InChI=1S/C24H20ClNO4S/c1-30-21-8-3-2-7-19(21)15-9-11-16(12-10-15)22(27)26-20(24(28)29)14-31-23(26)17-5-4-6-18(25)13-17/h2-13,20,23H,14H2,1H3,(H,28,29)/t20-,23+/m0/s1. The summed E-state index contributed by atoms with van der Waals surface area (Å²) in [6.07, 6.45) is 0. The van der Waals surface area contributed by atoms with Crippen LogP contribution in [0, 0.1) is 0 Å². The Kier molecular flexibility index (Phi) is 6.20. The van der Waals surface area contributed by atoms with Crippen LogP contribution >= 0.6 is 23.4 Å². The van der Waals surface area contributed by atoms with E-state index in [4.69, 9.17) is 16.3 Å². The van der Waals surface area contributed by atoms with Gasteiger partial charge in [0.1, 0.15) is 17.2 Å². The van der Waals surface area contributed by atoms with Gasteiger partial charge in [0.05, 0.1) is 7.11 Å². The molecule has 1 heterocycles. The molecule has 0 unspecified atom stereocenters. The van der Waals surface area contributed by atoms with Crippen molar-refractivity contribution in [3.63, 3.8) is 0 Å². The number of para-hydroxylation sites is 1. The number of rotatable bonds is 5. The molecule has 0 aromatic heterocycles. The van der Waals surface area contributed by atoms with Gasteiger partial charge in [0.25, 0.3) is 5.91 Å². The Morgan fingerprint density at radius 1 is 1.06 bits per heavy atom. The summed E-state index contributed by atoms with van der Waals surface area (Å²) in [4.78, 5) is 26.7. The van der Waals surface area contributed by atoms with E-state index in [-0.39, 0.29) is 5.91 Å². The van der Waals surface area contributed by atoms with Gasteiger partial charge in [0.15, 0.2) is 0 Å². The highest BCUT2D eigenvalue weighted by molar-refractivity contribution is 7.99. The molecule has 4 rings (SSSR count). The Balaban J connectivity index is 1.66. The SMILES string of the molecule is COc1ccccc1-c1ccc(C(=O)N2[C@@H](c3cccc(Cl)c3)SC[C@H]2C(=O)O)cc1. The molecule has 158 valence electrons. The molecular formula is C24H20ClNO4S. The molecule has 1 fully saturated rings. The van der Waals surface area contributed by atoms with Crippen LogP contribution in [0.25, 0.3) is 11.1 Å². The molecule has 3 aromatic carbocycles. The van der Waals surface area contributed by atoms with Crippen molar-refractivity contribution in [1.29, 1.82) is 0 Å². The molecule has 2 atom stereocenters. The summed E-state index contributed by atoms with van der Waals surface area (Å²) in [5.41, 5.74) is 3.06. The molecule has 1 saturated heterocycles. The number of carboxylic acids is 1. The minimum Gasteiger partial charge on any atom is -0.496 e. The largest absolute Gasteiger partial charge is 0.496 e. The lowest BCUT2D eigenvalue weighted by atomic mass is 10.0. The fourth-order valence-electron chi connectivity index (χ4n) is 3.69. The third-order valence-electron chi connectivity index (χ3n) is 5.20. The van der Waals surface area contributed by atoms with E-state index in [2.05, 4.69) is 0 Å². The fourth-order valence-corrected chi connectivity index (χ4v) is 5.30. The highest BCUT2D eigenvalue weighted by Gasteiger charge is 2.42. The predicted octanol–water partition coefficient (Wildman–Crippen LogP) is 5.36. The number of benzene rings is 3. The first-order valence-corrected chi connectivity index (χ1v) is 11.1. The topological polar surface area (TPSA) is 66.8 Å². The summed E-state index contributed by atoms with van der Waals surface area (Å²) in [6, 6.07) is 21.1. The lowest BCUT2D eigenvalue weighted by Gasteiger charge is -2.28. The van der Waals surface area contributed by atoms with E-state index in [0.717, 1.165) is 22.4 Å². The highest BCUT2D eigenvalue weighted by Crippen LogP contribution is 2.43. The number of amides is 1. The number of nitrogens with zero attached hydrogens (tertiary/aromatic N) is 1. The average molecular weight is 454 g/mol. The number of carbonyl (C=O) groups excluding carboxylic acids is 1. The normalized spacial score (nSPS) is 18.1. The Morgan fingerprint density at radius 2 is 1.81 bits per heavy atom. The molecule has 31 heavy (non-hydrogen) atoms. The van der Waals surface area contributed by atoms with E-state index in [0.29, 0.717) is 16.3 Å². The van der Waals surface area contributed by atoms with Gasteiger partial charge < -0.3 is 14.7 Å². The number of hydrogen-bond donors (Lipinski definition) is 1. The van der Waals surface area contributed by atoms with Crippen LogP contribution in [0.15, 0.2) is 72.8 Å². The van der Waals surface area contributed by atoms with Crippen molar-refractivity contribution in [2.24, 2.45) is 0 Å². The van der Waals surface area contributed by atoms with Crippen LogP contribution in [0.3, 0.4) is 0 Å². The first kappa shape index (κ1) is 21.3. The molecule has 0 spiro atoms. The van der Waals surface area contributed by atoms with Crippen molar-refractivity contribution in [1.82, 2.24) is 4.90 Å². The van der Waals surface area contributed by atoms with E-state index in [1.165, 1.54) is 16.7 Å². The van der Waals surface area contributed by atoms with Gasteiger partial charge in [-0.2, -0.15) is 0 Å². The van der Waals surface area contributed by atoms with Gasteiger partial charge in [-0.3, -0.25) is 4.79 Å². The van der Waals surface area contributed by atoms with Crippen molar-refractivity contribution in [3.05, 3.63) is 88.9 Å². The van der Waals surface area contributed by atoms with E-state index in [1.54, 1.807) is 37.4 Å². The first-order chi connectivity index (χ1) is 15.0. The number of ether oxygens (including phenoxy) is 1. The van der Waals surface area contributed by atoms with Gasteiger partial charge in [0.2, 0.25) is 0 Å². The molecule has 5 nitrogen and oxygen atoms in total. The van der Waals surface area contributed by atoms with Crippen LogP contribution < -0.4 is 4.74 Å². The molecular weight excluding hydrogens is 434 g/mol. The second-order valence-electron chi connectivity index (χ2n) is 7.08. The Hall–Kier alpha value is -2.96. The number of carboxylic acid groups (broad SMARTS) is 1. The number of hydrogen-bond acceptors (Lipinski definition) is 4. The third kappa shape index (κ3) is 4.27. The molecule has 1 aliphatic rings. The number of halogens is 1. The van der Waals surface area contributed by atoms with Gasteiger partial charge in [-0.15, -0.1) is 11.8 Å². The molecule has 1 amide bonds. The van der Waals surface area contributed by atoms with Crippen molar-refractivity contribution in [3.8, 4) is 16.9 Å². The van der Waals surface area contributed by atoms with Gasteiger partial charge in [-0.25, -0.2) is 4.79 Å². The Bertz CT molecular complexity index is 1120. The zero-order chi connectivity index (χ0) is 22.0. The zero-order valence-electron chi connectivity index (χ0n) is 16.7. The van der Waals surface area contributed by atoms with Crippen LogP contribution in [-0.2, 0) is 4.79 Å². The molecule has 1 N–H and O–H groups in total. The molecule has 1 aliphatic heterocycles. The summed E-state index contributed by atoms with van der Waals surface area (Å²) >= 11 is 7.55. The molecule has 3 aromatic rings. The van der Waals surface area contributed by atoms with Crippen molar-refractivity contribution >= 4 is 35.2 Å².